The Morgan fingerprint density at radius 3 is 2.03 bits per heavy atom. The molecule has 7 nitrogen and oxygen atoms in total. The van der Waals surface area contributed by atoms with Crippen molar-refractivity contribution >= 4 is 29.9 Å². The molecule has 0 aliphatic carbocycles. The Labute approximate surface area is 205 Å². The van der Waals surface area contributed by atoms with Crippen molar-refractivity contribution in [2.45, 2.75) is 26.3 Å². The van der Waals surface area contributed by atoms with Crippen molar-refractivity contribution in [1.29, 1.82) is 0 Å². The van der Waals surface area contributed by atoms with Crippen molar-refractivity contribution in [3.05, 3.63) is 77.1 Å². The molecule has 9 heteroatoms. The molecule has 0 unspecified atom stereocenters. The van der Waals surface area contributed by atoms with E-state index in [1.807, 2.05) is 30.7 Å². The molecular weight excluding hydrogens is 522 g/mol. The first-order valence-corrected chi connectivity index (χ1v) is 10.3. The van der Waals surface area contributed by atoms with Crippen LogP contribution in [0.3, 0.4) is 0 Å². The number of aromatic nitrogens is 3. The fourth-order valence-electron chi connectivity index (χ4n) is 3.01. The third-order valence-corrected chi connectivity index (χ3v) is 5.05. The number of nitrogens with one attached hydrogen (secondary N) is 2. The van der Waals surface area contributed by atoms with Crippen LogP contribution in [-0.4, -0.2) is 40.9 Å². The van der Waals surface area contributed by atoms with Crippen LogP contribution in [0.5, 0.6) is 5.75 Å². The summed E-state index contributed by atoms with van der Waals surface area (Å²) < 4.78 is 20.2. The van der Waals surface area contributed by atoms with E-state index in [2.05, 4.69) is 38.0 Å². The van der Waals surface area contributed by atoms with Gasteiger partial charge in [0.05, 0.1) is 7.11 Å². The molecule has 0 bridgehead atoms. The molecule has 172 valence electrons. The van der Waals surface area contributed by atoms with E-state index in [-0.39, 0.29) is 29.8 Å². The molecule has 0 saturated heterocycles. The average molecular weight is 552 g/mol. The van der Waals surface area contributed by atoms with Crippen LogP contribution in [-0.2, 0) is 26.4 Å². The number of hydrogen-bond acceptors (Lipinski definition) is 4. The predicted molar refractivity (Wildman–Crippen MR) is 135 cm³/mol. The second kappa shape index (κ2) is 13.0. The fourth-order valence-corrected chi connectivity index (χ4v) is 3.01. The lowest BCUT2D eigenvalue weighted by Gasteiger charge is -2.13. The zero-order valence-electron chi connectivity index (χ0n) is 18.6. The Morgan fingerprint density at radius 1 is 0.969 bits per heavy atom. The summed E-state index contributed by atoms with van der Waals surface area (Å²) in [6.07, 6.45) is 1.62. The second-order valence-electron chi connectivity index (χ2n) is 7.22. The van der Waals surface area contributed by atoms with Crippen molar-refractivity contribution < 1.29 is 9.13 Å². The number of guanidine groups is 1. The molecule has 3 rings (SSSR count). The van der Waals surface area contributed by atoms with Crippen LogP contribution in [0.1, 0.15) is 22.8 Å². The molecule has 32 heavy (non-hydrogen) atoms. The van der Waals surface area contributed by atoms with Gasteiger partial charge in [0.2, 0.25) is 0 Å². The third kappa shape index (κ3) is 7.77. The van der Waals surface area contributed by atoms with Crippen molar-refractivity contribution in [3.8, 4) is 5.75 Å². The standard InChI is InChI=1S/C23H29FN6O.HI/c1-17-28-29-22(30(17)2)16-27-23(25-14-12-18-4-8-20(24)9-5-18)26-15-13-19-6-10-21(31-3)11-7-19;/h4-11H,12-16H2,1-3H3,(H2,25,26,27);1H. The molecule has 0 atom stereocenters. The number of hydrogen-bond donors (Lipinski definition) is 2. The van der Waals surface area contributed by atoms with Gasteiger partial charge in [0.1, 0.15) is 23.9 Å². The van der Waals surface area contributed by atoms with Crippen LogP contribution in [0.25, 0.3) is 0 Å². The van der Waals surface area contributed by atoms with E-state index in [1.165, 1.54) is 17.7 Å². The molecule has 0 spiro atoms. The number of nitrogens with zero attached hydrogens (tertiary/aromatic N) is 4. The zero-order chi connectivity index (χ0) is 22.1. The van der Waals surface area contributed by atoms with Gasteiger partial charge in [-0.15, -0.1) is 34.2 Å². The smallest absolute Gasteiger partial charge is 0.191 e. The fraction of sp³-hybridized carbons (Fsp3) is 0.348. The lowest BCUT2D eigenvalue weighted by atomic mass is 10.1. The van der Waals surface area contributed by atoms with E-state index in [0.29, 0.717) is 19.0 Å². The van der Waals surface area contributed by atoms with E-state index in [0.717, 1.165) is 42.3 Å². The highest BCUT2D eigenvalue weighted by Crippen LogP contribution is 2.11. The molecule has 2 aromatic carbocycles. The van der Waals surface area contributed by atoms with Gasteiger partial charge in [0.25, 0.3) is 0 Å². The summed E-state index contributed by atoms with van der Waals surface area (Å²) in [6, 6.07) is 14.6. The van der Waals surface area contributed by atoms with Gasteiger partial charge in [-0.2, -0.15) is 0 Å². The van der Waals surface area contributed by atoms with Crippen LogP contribution < -0.4 is 15.4 Å². The lowest BCUT2D eigenvalue weighted by Crippen LogP contribution is -2.39. The van der Waals surface area contributed by atoms with Gasteiger partial charge in [-0.1, -0.05) is 24.3 Å². The molecule has 1 aromatic heterocycles. The summed E-state index contributed by atoms with van der Waals surface area (Å²) in [6.45, 7) is 3.74. The second-order valence-corrected chi connectivity index (χ2v) is 7.22. The highest BCUT2D eigenvalue weighted by molar-refractivity contribution is 14.0. The quantitative estimate of drug-likeness (QED) is 0.242. The van der Waals surface area contributed by atoms with Crippen molar-refractivity contribution in [3.63, 3.8) is 0 Å². The van der Waals surface area contributed by atoms with Gasteiger partial charge < -0.3 is 19.9 Å². The van der Waals surface area contributed by atoms with Gasteiger partial charge in [0, 0.05) is 20.1 Å². The molecule has 0 aliphatic heterocycles. The monoisotopic (exact) mass is 552 g/mol. The maximum absolute atomic E-state index is 13.1. The molecule has 0 amide bonds. The topological polar surface area (TPSA) is 76.4 Å². The summed E-state index contributed by atoms with van der Waals surface area (Å²) in [7, 11) is 3.59. The van der Waals surface area contributed by atoms with Gasteiger partial charge in [-0.25, -0.2) is 9.38 Å². The third-order valence-electron chi connectivity index (χ3n) is 5.05. The van der Waals surface area contributed by atoms with Crippen molar-refractivity contribution in [1.82, 2.24) is 25.4 Å². The molecule has 0 saturated carbocycles. The number of aliphatic imine (C=N–C) groups is 1. The maximum atomic E-state index is 13.1. The summed E-state index contributed by atoms with van der Waals surface area (Å²) in [5.74, 6) is 2.98. The number of ether oxygens (including phenoxy) is 1. The average Bonchev–Trinajstić information content (AvgIpc) is 3.11. The van der Waals surface area contributed by atoms with Crippen LogP contribution in [0.15, 0.2) is 53.5 Å². The SMILES string of the molecule is COc1ccc(CCNC(=NCc2nnc(C)n2C)NCCc2ccc(F)cc2)cc1.I. The molecule has 0 aliphatic rings. The Hall–Kier alpha value is -2.69. The Kier molecular flexibility index (Phi) is 10.4. The number of rotatable bonds is 9. The largest absolute Gasteiger partial charge is 0.497 e. The van der Waals surface area contributed by atoms with E-state index >= 15 is 0 Å². The van der Waals surface area contributed by atoms with Gasteiger partial charge >= 0.3 is 0 Å². The van der Waals surface area contributed by atoms with Gasteiger partial charge in [0.15, 0.2) is 11.8 Å². The minimum Gasteiger partial charge on any atom is -0.497 e. The first-order valence-electron chi connectivity index (χ1n) is 10.3. The van der Waals surface area contributed by atoms with Crippen LogP contribution in [0.2, 0.25) is 0 Å². The predicted octanol–water partition coefficient (Wildman–Crippen LogP) is 3.41. The molecule has 2 N–H and O–H groups in total. The molecule has 3 aromatic rings. The van der Waals surface area contributed by atoms with Crippen LogP contribution >= 0.6 is 24.0 Å². The highest BCUT2D eigenvalue weighted by Gasteiger charge is 2.06. The van der Waals surface area contributed by atoms with Crippen molar-refractivity contribution in [2.75, 3.05) is 20.2 Å². The van der Waals surface area contributed by atoms with Crippen LogP contribution in [0, 0.1) is 12.7 Å². The Balaban J connectivity index is 0.00000363. The molecular formula is C23H30FIN6O. The minimum atomic E-state index is -0.224. The first kappa shape index (κ1) is 25.6. The summed E-state index contributed by atoms with van der Waals surface area (Å²) in [5, 5.41) is 15.0. The number of methoxy groups -OCH3 is 1. The van der Waals surface area contributed by atoms with Crippen LogP contribution in [0.4, 0.5) is 4.39 Å². The Morgan fingerprint density at radius 2 is 1.53 bits per heavy atom. The summed E-state index contributed by atoms with van der Waals surface area (Å²) >= 11 is 0. The van der Waals surface area contributed by atoms with Gasteiger partial charge in [-0.05, 0) is 55.2 Å². The number of halogens is 2. The number of benzene rings is 2. The highest BCUT2D eigenvalue weighted by atomic mass is 127. The zero-order valence-corrected chi connectivity index (χ0v) is 21.0. The molecule has 0 radical (unpaired) electrons. The number of aryl methyl sites for hydroxylation is 1. The lowest BCUT2D eigenvalue weighted by molar-refractivity contribution is 0.414. The van der Waals surface area contributed by atoms with E-state index in [9.17, 15) is 4.39 Å². The van der Waals surface area contributed by atoms with Gasteiger partial charge in [-0.3, -0.25) is 0 Å². The molecule has 0 fully saturated rings. The Bertz CT molecular complexity index is 989. The van der Waals surface area contributed by atoms with E-state index in [1.54, 1.807) is 19.2 Å². The summed E-state index contributed by atoms with van der Waals surface area (Å²) in [4.78, 5) is 4.66. The first-order chi connectivity index (χ1) is 15.0. The molecule has 1 heterocycles. The van der Waals surface area contributed by atoms with E-state index < -0.39 is 0 Å². The maximum Gasteiger partial charge on any atom is 0.191 e. The van der Waals surface area contributed by atoms with E-state index in [4.69, 9.17) is 4.74 Å². The van der Waals surface area contributed by atoms with Crippen molar-refractivity contribution in [2.24, 2.45) is 12.0 Å². The summed E-state index contributed by atoms with van der Waals surface area (Å²) in [5.41, 5.74) is 2.28. The normalized spacial score (nSPS) is 11.1. The minimum absolute atomic E-state index is 0.